The average molecular weight is 405 g/mol. The topological polar surface area (TPSA) is 70.9 Å². The fourth-order valence-corrected chi connectivity index (χ4v) is 2.91. The SMILES string of the molecule is CC(C)C(Cl)Nc1c(Cl)cnc2ccc(-c3cnc(C(C)(C)O)nc3)cc12. The smallest absolute Gasteiger partial charge is 0.159 e. The van der Waals surface area contributed by atoms with Gasteiger partial charge in [-0.1, -0.05) is 43.1 Å². The van der Waals surface area contributed by atoms with E-state index < -0.39 is 5.60 Å². The molecule has 0 saturated carbocycles. The van der Waals surface area contributed by atoms with Gasteiger partial charge in [0.1, 0.15) is 11.1 Å². The summed E-state index contributed by atoms with van der Waals surface area (Å²) in [6, 6.07) is 5.87. The van der Waals surface area contributed by atoms with Gasteiger partial charge in [-0.3, -0.25) is 4.98 Å². The van der Waals surface area contributed by atoms with Crippen LogP contribution in [0.2, 0.25) is 5.02 Å². The third kappa shape index (κ3) is 4.32. The Morgan fingerprint density at radius 2 is 1.70 bits per heavy atom. The molecule has 0 amide bonds. The molecule has 2 aromatic heterocycles. The Labute approximate surface area is 168 Å². The molecular weight excluding hydrogens is 383 g/mol. The van der Waals surface area contributed by atoms with Crippen molar-refractivity contribution in [1.82, 2.24) is 15.0 Å². The molecule has 0 aliphatic rings. The monoisotopic (exact) mass is 404 g/mol. The molecule has 1 atom stereocenters. The van der Waals surface area contributed by atoms with Crippen LogP contribution in [0.1, 0.15) is 33.5 Å². The standard InChI is InChI=1S/C20H22Cl2N4O/c1-11(2)18(22)26-17-14-7-12(5-6-16(14)23-10-15(17)21)13-8-24-19(25-9-13)20(3,4)27/h5-11,18,27H,1-4H3,(H,23,26). The van der Waals surface area contributed by atoms with Crippen molar-refractivity contribution in [1.29, 1.82) is 0 Å². The lowest BCUT2D eigenvalue weighted by Crippen LogP contribution is -2.19. The molecule has 142 valence electrons. The number of anilines is 1. The molecule has 0 fully saturated rings. The van der Waals surface area contributed by atoms with E-state index in [4.69, 9.17) is 23.2 Å². The fourth-order valence-electron chi connectivity index (χ4n) is 2.59. The van der Waals surface area contributed by atoms with E-state index in [-0.39, 0.29) is 11.4 Å². The van der Waals surface area contributed by atoms with Gasteiger partial charge in [0.15, 0.2) is 5.82 Å². The third-order valence-corrected chi connectivity index (χ3v) is 5.12. The highest BCUT2D eigenvalue weighted by atomic mass is 35.5. The van der Waals surface area contributed by atoms with Gasteiger partial charge >= 0.3 is 0 Å². The lowest BCUT2D eigenvalue weighted by Gasteiger charge is -2.19. The van der Waals surface area contributed by atoms with Crippen LogP contribution in [0.15, 0.2) is 36.8 Å². The number of aromatic nitrogens is 3. The van der Waals surface area contributed by atoms with Gasteiger partial charge in [0.25, 0.3) is 0 Å². The van der Waals surface area contributed by atoms with Gasteiger partial charge in [0.05, 0.1) is 16.2 Å². The molecule has 3 aromatic rings. The number of pyridine rings is 1. The molecule has 0 bridgehead atoms. The molecule has 5 nitrogen and oxygen atoms in total. The predicted octanol–water partition coefficient (Wildman–Crippen LogP) is 5.21. The van der Waals surface area contributed by atoms with Gasteiger partial charge < -0.3 is 10.4 Å². The van der Waals surface area contributed by atoms with Crippen molar-refractivity contribution in [3.8, 4) is 11.1 Å². The van der Waals surface area contributed by atoms with Crippen molar-refractivity contribution in [3.63, 3.8) is 0 Å². The van der Waals surface area contributed by atoms with Gasteiger partial charge in [-0.25, -0.2) is 9.97 Å². The van der Waals surface area contributed by atoms with Crippen molar-refractivity contribution >= 4 is 39.8 Å². The quantitative estimate of drug-likeness (QED) is 0.451. The number of nitrogens with one attached hydrogen (secondary N) is 1. The summed E-state index contributed by atoms with van der Waals surface area (Å²) < 4.78 is 0. The van der Waals surface area contributed by atoms with Crippen LogP contribution in [0.5, 0.6) is 0 Å². The Morgan fingerprint density at radius 1 is 1.04 bits per heavy atom. The number of benzene rings is 1. The highest BCUT2D eigenvalue weighted by molar-refractivity contribution is 6.35. The second-order valence-electron chi connectivity index (χ2n) is 7.36. The molecule has 0 saturated heterocycles. The lowest BCUT2D eigenvalue weighted by atomic mass is 10.0. The number of alkyl halides is 1. The summed E-state index contributed by atoms with van der Waals surface area (Å²) in [7, 11) is 0. The maximum atomic E-state index is 10.0. The van der Waals surface area contributed by atoms with E-state index in [1.165, 1.54) is 0 Å². The second-order valence-corrected chi connectivity index (χ2v) is 8.23. The first-order chi connectivity index (χ1) is 12.7. The number of hydrogen-bond donors (Lipinski definition) is 2. The molecule has 2 N–H and O–H groups in total. The van der Waals surface area contributed by atoms with Crippen molar-refractivity contribution in [2.75, 3.05) is 5.32 Å². The van der Waals surface area contributed by atoms with Gasteiger partial charge in [0, 0.05) is 29.5 Å². The summed E-state index contributed by atoms with van der Waals surface area (Å²) in [5.41, 5.74) is 1.99. The first-order valence-corrected chi connectivity index (χ1v) is 9.52. The van der Waals surface area contributed by atoms with Crippen LogP contribution in [0.3, 0.4) is 0 Å². The highest BCUT2D eigenvalue weighted by Crippen LogP contribution is 2.34. The van der Waals surface area contributed by atoms with E-state index in [2.05, 4.69) is 20.3 Å². The number of hydrogen-bond acceptors (Lipinski definition) is 5. The van der Waals surface area contributed by atoms with Crippen LogP contribution < -0.4 is 5.32 Å². The minimum atomic E-state index is -1.08. The van der Waals surface area contributed by atoms with Gasteiger partial charge in [0.2, 0.25) is 0 Å². The number of halogens is 2. The minimum Gasteiger partial charge on any atom is -0.382 e. The molecule has 7 heteroatoms. The molecule has 0 radical (unpaired) electrons. The molecule has 3 rings (SSSR count). The first-order valence-electron chi connectivity index (χ1n) is 8.71. The van der Waals surface area contributed by atoms with Gasteiger partial charge in [-0.05, 0) is 37.5 Å². The van der Waals surface area contributed by atoms with Gasteiger partial charge in [-0.15, -0.1) is 0 Å². The van der Waals surface area contributed by atoms with Crippen molar-refractivity contribution in [2.24, 2.45) is 5.92 Å². The van der Waals surface area contributed by atoms with E-state index in [9.17, 15) is 5.11 Å². The summed E-state index contributed by atoms with van der Waals surface area (Å²) >= 11 is 12.8. The number of nitrogens with zero attached hydrogens (tertiary/aromatic N) is 3. The summed E-state index contributed by atoms with van der Waals surface area (Å²) in [6.07, 6.45) is 5.02. The Kier molecular flexibility index (Phi) is 5.56. The largest absolute Gasteiger partial charge is 0.382 e. The van der Waals surface area contributed by atoms with E-state index >= 15 is 0 Å². The number of aliphatic hydroxyl groups is 1. The molecule has 0 aliphatic heterocycles. The van der Waals surface area contributed by atoms with Crippen LogP contribution in [0, 0.1) is 5.92 Å². The summed E-state index contributed by atoms with van der Waals surface area (Å²) in [6.45, 7) is 7.38. The zero-order chi connectivity index (χ0) is 19.8. The Hall–Kier alpha value is -1.95. The molecule has 1 unspecified atom stereocenters. The third-order valence-electron chi connectivity index (χ3n) is 4.22. The maximum Gasteiger partial charge on any atom is 0.159 e. The Bertz CT molecular complexity index is 953. The maximum absolute atomic E-state index is 10.0. The Balaban J connectivity index is 2.06. The van der Waals surface area contributed by atoms with Crippen LogP contribution in [0.4, 0.5) is 5.69 Å². The molecule has 2 heterocycles. The fraction of sp³-hybridized carbons (Fsp3) is 0.350. The molecule has 0 aliphatic carbocycles. The van der Waals surface area contributed by atoms with E-state index in [0.29, 0.717) is 10.8 Å². The van der Waals surface area contributed by atoms with Crippen LogP contribution in [-0.2, 0) is 5.60 Å². The predicted molar refractivity (Wildman–Crippen MR) is 111 cm³/mol. The molecular formula is C20H22Cl2N4O. The van der Waals surface area contributed by atoms with E-state index in [1.807, 2.05) is 32.0 Å². The average Bonchev–Trinajstić information content (AvgIpc) is 2.63. The molecule has 0 spiro atoms. The second kappa shape index (κ2) is 7.58. The van der Waals surface area contributed by atoms with Crippen molar-refractivity contribution in [2.45, 2.75) is 38.8 Å². The van der Waals surface area contributed by atoms with Crippen molar-refractivity contribution in [3.05, 3.63) is 47.6 Å². The normalized spacial score (nSPS) is 13.2. The summed E-state index contributed by atoms with van der Waals surface area (Å²) in [4.78, 5) is 13.0. The zero-order valence-electron chi connectivity index (χ0n) is 15.7. The first kappa shape index (κ1) is 19.8. The zero-order valence-corrected chi connectivity index (χ0v) is 17.2. The highest BCUT2D eigenvalue weighted by Gasteiger charge is 2.19. The van der Waals surface area contributed by atoms with Crippen LogP contribution in [-0.4, -0.2) is 25.6 Å². The summed E-state index contributed by atoms with van der Waals surface area (Å²) in [5.74, 6) is 0.609. The Morgan fingerprint density at radius 3 is 2.30 bits per heavy atom. The summed E-state index contributed by atoms with van der Waals surface area (Å²) in [5, 5.41) is 14.7. The molecule has 27 heavy (non-hydrogen) atoms. The molecule has 1 aromatic carbocycles. The van der Waals surface area contributed by atoms with Crippen LogP contribution >= 0.6 is 23.2 Å². The van der Waals surface area contributed by atoms with E-state index in [1.54, 1.807) is 32.4 Å². The van der Waals surface area contributed by atoms with Gasteiger partial charge in [-0.2, -0.15) is 0 Å². The van der Waals surface area contributed by atoms with Crippen LogP contribution in [0.25, 0.3) is 22.0 Å². The van der Waals surface area contributed by atoms with Crippen molar-refractivity contribution < 1.29 is 5.11 Å². The number of rotatable bonds is 5. The number of fused-ring (bicyclic) bond motifs is 1. The van der Waals surface area contributed by atoms with E-state index in [0.717, 1.165) is 27.7 Å². The minimum absolute atomic E-state index is 0.233. The lowest BCUT2D eigenvalue weighted by molar-refractivity contribution is 0.0687.